The number of hydrogen-bond acceptors (Lipinski definition) is 5. The summed E-state index contributed by atoms with van der Waals surface area (Å²) in [4.78, 5) is 0. The van der Waals surface area contributed by atoms with Crippen molar-refractivity contribution in [2.75, 3.05) is 13.1 Å². The molecule has 3 rings (SSSR count). The summed E-state index contributed by atoms with van der Waals surface area (Å²) in [5.74, 6) is -0.525. The van der Waals surface area contributed by atoms with Gasteiger partial charge in [0.25, 0.3) is 5.88 Å². The fourth-order valence-electron chi connectivity index (χ4n) is 2.81. The van der Waals surface area contributed by atoms with Crippen molar-refractivity contribution in [1.82, 2.24) is 15.1 Å². The summed E-state index contributed by atoms with van der Waals surface area (Å²) >= 11 is 0. The molecule has 2 aliphatic heterocycles. The van der Waals surface area contributed by atoms with Crippen molar-refractivity contribution >= 4 is 22.5 Å². The minimum Gasteiger partial charge on any atom is -0.354 e. The molecule has 1 N–H and O–H groups in total. The largest absolute Gasteiger partial charge is 0.534 e. The van der Waals surface area contributed by atoms with Crippen molar-refractivity contribution < 1.29 is 25.8 Å². The van der Waals surface area contributed by atoms with Crippen LogP contribution in [-0.4, -0.2) is 36.8 Å². The van der Waals surface area contributed by atoms with Gasteiger partial charge in [-0.3, -0.25) is 4.68 Å². The van der Waals surface area contributed by atoms with Gasteiger partial charge in [-0.05, 0) is 19.4 Å². The number of nitrogens with zero attached hydrogens (tertiary/aromatic N) is 2. The highest BCUT2D eigenvalue weighted by Crippen LogP contribution is 2.41. The number of halogens is 4. The predicted molar refractivity (Wildman–Crippen MR) is 68.9 cm³/mol. The molecule has 2 aliphatic rings. The summed E-state index contributed by atoms with van der Waals surface area (Å²) in [6, 6.07) is 1.29. The highest BCUT2D eigenvalue weighted by atomic mass is 35.5. The van der Waals surface area contributed by atoms with E-state index in [1.165, 1.54) is 10.7 Å². The van der Waals surface area contributed by atoms with E-state index in [0.717, 1.165) is 25.1 Å². The van der Waals surface area contributed by atoms with Gasteiger partial charge in [-0.2, -0.15) is 21.6 Å². The molecule has 3 heterocycles. The maximum absolute atomic E-state index is 12.3. The standard InChI is InChI=1S/C10H12F3N3O3S.ClH/c11-10(12,13)20(17,18)19-8-5-7-9(1-3-14-6-9)2-4-16(7)15-8;/h5,14H,1-4,6H2;1H. The Kier molecular flexibility index (Phi) is 3.92. The Morgan fingerprint density at radius 1 is 1.38 bits per heavy atom. The summed E-state index contributed by atoms with van der Waals surface area (Å²) in [5.41, 5.74) is -4.89. The first-order valence-electron chi connectivity index (χ1n) is 6.03. The second-order valence-corrected chi connectivity index (χ2v) is 6.57. The maximum Gasteiger partial charge on any atom is 0.534 e. The number of nitrogens with one attached hydrogen (secondary N) is 1. The second-order valence-electron chi connectivity index (χ2n) is 5.03. The van der Waals surface area contributed by atoms with Crippen LogP contribution in [-0.2, 0) is 22.1 Å². The van der Waals surface area contributed by atoms with E-state index >= 15 is 0 Å². The third-order valence-corrected chi connectivity index (χ3v) is 4.78. The van der Waals surface area contributed by atoms with Gasteiger partial charge in [-0.1, -0.05) is 0 Å². The highest BCUT2D eigenvalue weighted by Gasteiger charge is 2.50. The van der Waals surface area contributed by atoms with E-state index in [2.05, 4.69) is 14.6 Å². The normalized spacial score (nSPS) is 24.9. The summed E-state index contributed by atoms with van der Waals surface area (Å²) in [7, 11) is -5.66. The van der Waals surface area contributed by atoms with Crippen LogP contribution in [0, 0.1) is 0 Å². The smallest absolute Gasteiger partial charge is 0.354 e. The fraction of sp³-hybridized carbons (Fsp3) is 0.700. The van der Waals surface area contributed by atoms with E-state index < -0.39 is 21.5 Å². The first kappa shape index (κ1) is 16.4. The lowest BCUT2D eigenvalue weighted by Crippen LogP contribution is -2.28. The summed E-state index contributed by atoms with van der Waals surface area (Å²) in [5, 5.41) is 6.99. The Morgan fingerprint density at radius 2 is 2.10 bits per heavy atom. The molecule has 0 saturated carbocycles. The molecule has 0 aromatic carbocycles. The quantitative estimate of drug-likeness (QED) is 0.642. The van der Waals surface area contributed by atoms with Crippen LogP contribution in [0.15, 0.2) is 6.07 Å². The van der Waals surface area contributed by atoms with Crippen molar-refractivity contribution in [3.05, 3.63) is 11.8 Å². The molecule has 0 aliphatic carbocycles. The zero-order chi connectivity index (χ0) is 14.6. The molecule has 120 valence electrons. The van der Waals surface area contributed by atoms with Crippen molar-refractivity contribution in [2.24, 2.45) is 0 Å². The molecule has 0 amide bonds. The Balaban J connectivity index is 0.00000161. The van der Waals surface area contributed by atoms with Gasteiger partial charge < -0.3 is 9.50 Å². The van der Waals surface area contributed by atoms with Gasteiger partial charge >= 0.3 is 15.6 Å². The molecule has 0 bridgehead atoms. The Bertz CT molecular complexity index is 638. The molecular formula is C10H13ClF3N3O3S. The van der Waals surface area contributed by atoms with E-state index in [-0.39, 0.29) is 17.8 Å². The lowest BCUT2D eigenvalue weighted by molar-refractivity contribution is -0.0501. The number of hydrogen-bond donors (Lipinski definition) is 1. The molecule has 1 aromatic rings. The average Bonchev–Trinajstić information content (AvgIpc) is 2.97. The van der Waals surface area contributed by atoms with Crippen LogP contribution in [0.3, 0.4) is 0 Å². The van der Waals surface area contributed by atoms with Crippen molar-refractivity contribution in [3.8, 4) is 5.88 Å². The minimum atomic E-state index is -5.66. The Morgan fingerprint density at radius 3 is 2.67 bits per heavy atom. The van der Waals surface area contributed by atoms with Gasteiger partial charge in [0.1, 0.15) is 0 Å². The van der Waals surface area contributed by atoms with Gasteiger partial charge in [0.05, 0.1) is 0 Å². The SMILES string of the molecule is Cl.O=S(=O)(Oc1cc2n(n1)CCC21CCNC1)C(F)(F)F. The molecule has 1 spiro atoms. The third-order valence-electron chi connectivity index (χ3n) is 3.83. The predicted octanol–water partition coefficient (Wildman–Crippen LogP) is 1.17. The summed E-state index contributed by atoms with van der Waals surface area (Å²) in [6.45, 7) is 2.08. The van der Waals surface area contributed by atoms with Gasteiger partial charge in [0.15, 0.2) is 0 Å². The number of rotatable bonds is 2. The summed E-state index contributed by atoms with van der Waals surface area (Å²) in [6.07, 6.45) is 1.69. The van der Waals surface area contributed by atoms with Crippen LogP contribution < -0.4 is 9.50 Å². The lowest BCUT2D eigenvalue weighted by Gasteiger charge is -2.19. The molecule has 21 heavy (non-hydrogen) atoms. The van der Waals surface area contributed by atoms with E-state index in [1.54, 1.807) is 0 Å². The molecule has 1 saturated heterocycles. The fourth-order valence-corrected chi connectivity index (χ4v) is 3.22. The molecule has 6 nitrogen and oxygen atoms in total. The minimum absolute atomic E-state index is 0. The van der Waals surface area contributed by atoms with E-state index in [4.69, 9.17) is 0 Å². The van der Waals surface area contributed by atoms with Crippen molar-refractivity contribution in [3.63, 3.8) is 0 Å². The molecule has 0 radical (unpaired) electrons. The topological polar surface area (TPSA) is 73.2 Å². The van der Waals surface area contributed by atoms with E-state index in [0.29, 0.717) is 13.1 Å². The number of aromatic nitrogens is 2. The van der Waals surface area contributed by atoms with Crippen LogP contribution in [0.5, 0.6) is 5.88 Å². The van der Waals surface area contributed by atoms with Gasteiger partial charge in [-0.25, -0.2) is 0 Å². The number of fused-ring (bicyclic) bond motifs is 2. The summed E-state index contributed by atoms with van der Waals surface area (Å²) < 4.78 is 64.3. The van der Waals surface area contributed by atoms with Gasteiger partial charge in [0.2, 0.25) is 0 Å². The highest BCUT2D eigenvalue weighted by molar-refractivity contribution is 7.87. The van der Waals surface area contributed by atoms with E-state index in [1.807, 2.05) is 0 Å². The lowest BCUT2D eigenvalue weighted by atomic mass is 9.83. The van der Waals surface area contributed by atoms with E-state index in [9.17, 15) is 21.6 Å². The van der Waals surface area contributed by atoms with Crippen molar-refractivity contribution in [1.29, 1.82) is 0 Å². The maximum atomic E-state index is 12.3. The molecule has 1 aromatic heterocycles. The Labute approximate surface area is 125 Å². The van der Waals surface area contributed by atoms with Crippen LogP contribution in [0.4, 0.5) is 13.2 Å². The monoisotopic (exact) mass is 347 g/mol. The zero-order valence-corrected chi connectivity index (χ0v) is 12.3. The first-order valence-corrected chi connectivity index (χ1v) is 7.44. The van der Waals surface area contributed by atoms with Crippen molar-refractivity contribution in [2.45, 2.75) is 30.3 Å². The molecule has 1 fully saturated rings. The molecule has 1 unspecified atom stereocenters. The average molecular weight is 348 g/mol. The van der Waals surface area contributed by atoms with Crippen LogP contribution in [0.25, 0.3) is 0 Å². The molecule has 1 atom stereocenters. The molecular weight excluding hydrogens is 335 g/mol. The third kappa shape index (κ3) is 2.59. The Hall–Kier alpha value is -1.00. The second kappa shape index (κ2) is 5.03. The number of alkyl halides is 3. The number of aryl methyl sites for hydroxylation is 1. The zero-order valence-electron chi connectivity index (χ0n) is 10.7. The van der Waals surface area contributed by atoms with Gasteiger partial charge in [-0.15, -0.1) is 17.5 Å². The van der Waals surface area contributed by atoms with Crippen LogP contribution >= 0.6 is 12.4 Å². The van der Waals surface area contributed by atoms with Gasteiger partial charge in [0, 0.05) is 30.3 Å². The molecule has 11 heteroatoms. The first-order chi connectivity index (χ1) is 9.24. The van der Waals surface area contributed by atoms with Crippen LogP contribution in [0.2, 0.25) is 0 Å². The van der Waals surface area contributed by atoms with Crippen LogP contribution in [0.1, 0.15) is 18.5 Å².